The maximum atomic E-state index is 12.1. The van der Waals surface area contributed by atoms with E-state index in [-0.39, 0.29) is 16.2 Å². The van der Waals surface area contributed by atoms with Gasteiger partial charge in [-0.3, -0.25) is 4.79 Å². The van der Waals surface area contributed by atoms with Crippen LogP contribution in [-0.2, 0) is 10.0 Å². The van der Waals surface area contributed by atoms with Crippen LogP contribution in [0.5, 0.6) is 0 Å². The second-order valence-electron chi connectivity index (χ2n) is 5.87. The number of sulfonamides is 1. The number of hydrogen-bond donors (Lipinski definition) is 2. The van der Waals surface area contributed by atoms with Crippen molar-refractivity contribution >= 4 is 15.9 Å². The summed E-state index contributed by atoms with van der Waals surface area (Å²) in [6, 6.07) is 4.55. The minimum atomic E-state index is -3.81. The average Bonchev–Trinajstić information content (AvgIpc) is 2.32. The van der Waals surface area contributed by atoms with Crippen LogP contribution in [0, 0.1) is 12.3 Å². The number of carbonyl (C=O) groups is 1. The molecule has 5 nitrogen and oxygen atoms in total. The minimum Gasteiger partial charge on any atom is -0.351 e. The number of aryl methyl sites for hydroxylation is 1. The van der Waals surface area contributed by atoms with Gasteiger partial charge in [-0.25, -0.2) is 13.6 Å². The van der Waals surface area contributed by atoms with E-state index in [1.807, 2.05) is 0 Å². The van der Waals surface area contributed by atoms with Crippen molar-refractivity contribution in [1.29, 1.82) is 0 Å². The average molecular weight is 296 g/mol. The van der Waals surface area contributed by atoms with E-state index in [0.29, 0.717) is 17.7 Å². The Hall–Kier alpha value is -1.40. The van der Waals surface area contributed by atoms with E-state index in [2.05, 4.69) is 12.2 Å². The largest absolute Gasteiger partial charge is 0.351 e. The molecule has 2 rings (SSSR count). The summed E-state index contributed by atoms with van der Waals surface area (Å²) in [5.74, 6) is -0.261. The van der Waals surface area contributed by atoms with Crippen molar-refractivity contribution in [3.63, 3.8) is 0 Å². The Kier molecular flexibility index (Phi) is 3.88. The Morgan fingerprint density at radius 2 is 2.05 bits per heavy atom. The highest BCUT2D eigenvalue weighted by Crippen LogP contribution is 2.39. The fraction of sp³-hybridized carbons (Fsp3) is 0.500. The molecule has 0 saturated heterocycles. The molecule has 3 N–H and O–H groups in total. The second-order valence-corrected chi connectivity index (χ2v) is 7.40. The van der Waals surface area contributed by atoms with E-state index >= 15 is 0 Å². The molecule has 1 fully saturated rings. The van der Waals surface area contributed by atoms with E-state index < -0.39 is 10.0 Å². The first-order valence-corrected chi connectivity index (χ1v) is 8.18. The van der Waals surface area contributed by atoms with Crippen LogP contribution >= 0.6 is 0 Å². The molecule has 1 aromatic rings. The van der Waals surface area contributed by atoms with Gasteiger partial charge in [-0.15, -0.1) is 0 Å². The number of nitrogens with one attached hydrogen (secondary N) is 1. The van der Waals surface area contributed by atoms with Crippen LogP contribution in [0.15, 0.2) is 23.1 Å². The van der Waals surface area contributed by atoms with Crippen LogP contribution in [-0.4, -0.2) is 20.9 Å². The third-order valence-corrected chi connectivity index (χ3v) is 5.05. The molecule has 0 atom stereocenters. The Morgan fingerprint density at radius 1 is 1.40 bits per heavy atom. The second kappa shape index (κ2) is 5.18. The first-order valence-electron chi connectivity index (χ1n) is 6.63. The lowest BCUT2D eigenvalue weighted by atomic mass is 9.70. The highest BCUT2D eigenvalue weighted by molar-refractivity contribution is 7.89. The molecule has 0 radical (unpaired) electrons. The highest BCUT2D eigenvalue weighted by atomic mass is 32.2. The molecule has 0 aliphatic heterocycles. The van der Waals surface area contributed by atoms with E-state index in [1.165, 1.54) is 12.5 Å². The maximum Gasteiger partial charge on any atom is 0.251 e. The summed E-state index contributed by atoms with van der Waals surface area (Å²) >= 11 is 0. The molecule has 1 saturated carbocycles. The first kappa shape index (κ1) is 15.0. The third kappa shape index (κ3) is 3.19. The summed E-state index contributed by atoms with van der Waals surface area (Å²) in [4.78, 5) is 12.1. The number of carbonyl (C=O) groups excluding carboxylic acids is 1. The van der Waals surface area contributed by atoms with E-state index in [1.54, 1.807) is 19.1 Å². The van der Waals surface area contributed by atoms with E-state index in [4.69, 9.17) is 5.14 Å². The maximum absolute atomic E-state index is 12.1. The van der Waals surface area contributed by atoms with Crippen LogP contribution in [0.2, 0.25) is 0 Å². The number of amides is 1. The molecule has 1 amide bonds. The summed E-state index contributed by atoms with van der Waals surface area (Å²) in [6.45, 7) is 4.41. The van der Waals surface area contributed by atoms with Crippen molar-refractivity contribution in [2.24, 2.45) is 10.6 Å². The number of hydrogen-bond acceptors (Lipinski definition) is 3. The summed E-state index contributed by atoms with van der Waals surface area (Å²) in [5.41, 5.74) is 1.04. The van der Waals surface area contributed by atoms with Gasteiger partial charge in [-0.05, 0) is 42.9 Å². The molecule has 6 heteroatoms. The number of nitrogens with two attached hydrogens (primary N) is 1. The molecule has 20 heavy (non-hydrogen) atoms. The zero-order valence-electron chi connectivity index (χ0n) is 11.8. The Bertz CT molecular complexity index is 634. The van der Waals surface area contributed by atoms with Gasteiger partial charge in [0, 0.05) is 12.1 Å². The molecule has 1 aliphatic rings. The first-order chi connectivity index (χ1) is 9.21. The molecular weight excluding hydrogens is 276 g/mol. The monoisotopic (exact) mass is 296 g/mol. The van der Waals surface area contributed by atoms with Crippen molar-refractivity contribution in [3.8, 4) is 0 Å². The van der Waals surface area contributed by atoms with Gasteiger partial charge in [0.1, 0.15) is 0 Å². The Morgan fingerprint density at radius 3 is 2.55 bits per heavy atom. The van der Waals surface area contributed by atoms with Gasteiger partial charge in [-0.2, -0.15) is 0 Å². The van der Waals surface area contributed by atoms with Crippen LogP contribution < -0.4 is 10.5 Å². The van der Waals surface area contributed by atoms with Crippen molar-refractivity contribution in [3.05, 3.63) is 29.3 Å². The number of benzene rings is 1. The summed E-state index contributed by atoms with van der Waals surface area (Å²) in [6.07, 6.45) is 3.43. The lowest BCUT2D eigenvalue weighted by Crippen LogP contribution is -2.40. The highest BCUT2D eigenvalue weighted by Gasteiger charge is 2.32. The summed E-state index contributed by atoms with van der Waals surface area (Å²) < 4.78 is 22.9. The van der Waals surface area contributed by atoms with Crippen molar-refractivity contribution in [2.75, 3.05) is 6.54 Å². The molecule has 110 valence electrons. The molecule has 1 aliphatic carbocycles. The number of rotatable bonds is 4. The molecule has 1 aromatic carbocycles. The normalized spacial score (nSPS) is 17.4. The van der Waals surface area contributed by atoms with Gasteiger partial charge in [0.05, 0.1) is 4.90 Å². The lowest BCUT2D eigenvalue weighted by Gasteiger charge is -2.38. The SMILES string of the molecule is Cc1ccc(C(=O)NCC2(C)CCC2)cc1S(N)(=O)=O. The predicted octanol–water partition coefficient (Wildman–Crippen LogP) is 1.56. The lowest BCUT2D eigenvalue weighted by molar-refractivity contribution is 0.0890. The van der Waals surface area contributed by atoms with Crippen LogP contribution in [0.25, 0.3) is 0 Å². The van der Waals surface area contributed by atoms with Crippen LogP contribution in [0.4, 0.5) is 0 Å². The number of primary sulfonamides is 1. The van der Waals surface area contributed by atoms with Crippen molar-refractivity contribution in [1.82, 2.24) is 5.32 Å². The standard InChI is InChI=1S/C14H20N2O3S/c1-10-4-5-11(8-12(10)20(15,18)19)13(17)16-9-14(2)6-3-7-14/h4-5,8H,3,6-7,9H2,1-2H3,(H,16,17)(H2,15,18,19). The smallest absolute Gasteiger partial charge is 0.251 e. The topological polar surface area (TPSA) is 89.3 Å². The molecular formula is C14H20N2O3S. The van der Waals surface area contributed by atoms with Crippen molar-refractivity contribution < 1.29 is 13.2 Å². The molecule has 0 spiro atoms. The summed E-state index contributed by atoms with van der Waals surface area (Å²) in [7, 11) is -3.81. The van der Waals surface area contributed by atoms with E-state index in [0.717, 1.165) is 12.8 Å². The molecule has 0 bridgehead atoms. The van der Waals surface area contributed by atoms with E-state index in [9.17, 15) is 13.2 Å². The van der Waals surface area contributed by atoms with Crippen molar-refractivity contribution in [2.45, 2.75) is 38.0 Å². The van der Waals surface area contributed by atoms with Crippen LogP contribution in [0.1, 0.15) is 42.1 Å². The van der Waals surface area contributed by atoms with Gasteiger partial charge in [0.15, 0.2) is 0 Å². The van der Waals surface area contributed by atoms with Gasteiger partial charge in [-0.1, -0.05) is 19.4 Å². The molecule has 0 unspecified atom stereocenters. The Labute approximate surface area is 119 Å². The van der Waals surface area contributed by atoms with Gasteiger partial charge >= 0.3 is 0 Å². The zero-order chi connectivity index (χ0) is 15.0. The molecule has 0 aromatic heterocycles. The van der Waals surface area contributed by atoms with Gasteiger partial charge in [0.25, 0.3) is 5.91 Å². The zero-order valence-corrected chi connectivity index (χ0v) is 12.6. The predicted molar refractivity (Wildman–Crippen MR) is 76.8 cm³/mol. The van der Waals surface area contributed by atoms with Gasteiger partial charge < -0.3 is 5.32 Å². The Balaban J connectivity index is 2.14. The quantitative estimate of drug-likeness (QED) is 0.883. The third-order valence-electron chi connectivity index (χ3n) is 3.99. The fourth-order valence-electron chi connectivity index (χ4n) is 2.40. The fourth-order valence-corrected chi connectivity index (χ4v) is 3.21. The van der Waals surface area contributed by atoms with Gasteiger partial charge in [0.2, 0.25) is 10.0 Å². The molecule has 0 heterocycles. The summed E-state index contributed by atoms with van der Waals surface area (Å²) in [5, 5.41) is 8.01. The van der Waals surface area contributed by atoms with Crippen LogP contribution in [0.3, 0.4) is 0 Å². The minimum absolute atomic E-state index is 0.00000546.